The number of benzene rings is 1. The van der Waals surface area contributed by atoms with Gasteiger partial charge >= 0.3 is 0 Å². The van der Waals surface area contributed by atoms with E-state index in [0.29, 0.717) is 23.9 Å². The molecule has 0 aliphatic heterocycles. The van der Waals surface area contributed by atoms with Crippen LogP contribution in [0.25, 0.3) is 15.9 Å². The molecule has 31 heavy (non-hydrogen) atoms. The maximum absolute atomic E-state index is 12.5. The molecule has 0 fully saturated rings. The lowest BCUT2D eigenvalue weighted by molar-refractivity contribution is -0.118. The Morgan fingerprint density at radius 2 is 2.13 bits per heavy atom. The minimum Gasteiger partial charge on any atom is -0.351 e. The Kier molecular flexibility index (Phi) is 5.56. The van der Waals surface area contributed by atoms with Crippen molar-refractivity contribution in [3.05, 3.63) is 69.1 Å². The van der Waals surface area contributed by atoms with Gasteiger partial charge in [0, 0.05) is 11.4 Å². The third-order valence-corrected chi connectivity index (χ3v) is 7.33. The molecule has 2 N–H and O–H groups in total. The second-order valence-corrected chi connectivity index (χ2v) is 9.40. The van der Waals surface area contributed by atoms with Gasteiger partial charge in [-0.3, -0.25) is 9.59 Å². The summed E-state index contributed by atoms with van der Waals surface area (Å²) in [4.78, 5) is 38.2. The van der Waals surface area contributed by atoms with Gasteiger partial charge in [-0.1, -0.05) is 12.1 Å². The van der Waals surface area contributed by atoms with E-state index in [-0.39, 0.29) is 11.5 Å². The van der Waals surface area contributed by atoms with Crippen molar-refractivity contribution in [2.45, 2.75) is 31.6 Å². The van der Waals surface area contributed by atoms with Crippen molar-refractivity contribution >= 4 is 39.2 Å². The molecule has 0 atom stereocenters. The summed E-state index contributed by atoms with van der Waals surface area (Å²) in [6, 6.07) is 7.77. The number of hydrogen-bond acceptors (Lipinski definition) is 7. The van der Waals surface area contributed by atoms with Crippen LogP contribution in [-0.4, -0.2) is 36.4 Å². The zero-order valence-corrected chi connectivity index (χ0v) is 18.3. The van der Waals surface area contributed by atoms with Gasteiger partial charge in [-0.05, 0) is 42.5 Å². The molecule has 10 heteroatoms. The summed E-state index contributed by atoms with van der Waals surface area (Å²) in [5, 5.41) is 7.77. The molecular formula is C21H20N6O2S2. The second-order valence-electron chi connectivity index (χ2n) is 7.33. The van der Waals surface area contributed by atoms with Crippen LogP contribution in [-0.2, 0) is 29.9 Å². The van der Waals surface area contributed by atoms with E-state index in [4.69, 9.17) is 0 Å². The van der Waals surface area contributed by atoms with Crippen LogP contribution >= 0.6 is 23.1 Å². The molecule has 0 saturated heterocycles. The molecule has 3 heterocycles. The highest BCUT2D eigenvalue weighted by Crippen LogP contribution is 2.34. The fraction of sp³-hybridized carbons (Fsp3) is 0.286. The fourth-order valence-corrected chi connectivity index (χ4v) is 5.72. The third-order valence-electron chi connectivity index (χ3n) is 5.21. The van der Waals surface area contributed by atoms with Crippen molar-refractivity contribution in [1.29, 1.82) is 0 Å². The molecule has 0 bridgehead atoms. The molecule has 1 aliphatic carbocycles. The Balaban J connectivity index is 1.12. The standard InChI is InChI=1S/C21H20N6O2S2/c28-18(23-8-13-4-6-14(7-5-13)27-12-22-11-24-27)10-30-9-17-25-20(29)19-15-2-1-3-16(15)31-21(19)26-17/h4-7,11-12H,1-3,8-10H2,(H,23,28)(H,25,26,29). The van der Waals surface area contributed by atoms with Crippen molar-refractivity contribution in [1.82, 2.24) is 30.0 Å². The molecule has 4 aromatic rings. The number of amides is 1. The largest absolute Gasteiger partial charge is 0.351 e. The lowest BCUT2D eigenvalue weighted by Crippen LogP contribution is -2.24. The summed E-state index contributed by atoms with van der Waals surface area (Å²) in [5.74, 6) is 1.37. The number of H-pyrrole nitrogens is 1. The van der Waals surface area contributed by atoms with Crippen molar-refractivity contribution in [3.63, 3.8) is 0 Å². The number of aromatic amines is 1. The zero-order chi connectivity index (χ0) is 21.2. The van der Waals surface area contributed by atoms with Gasteiger partial charge in [0.2, 0.25) is 5.91 Å². The summed E-state index contributed by atoms with van der Waals surface area (Å²) in [6.45, 7) is 0.457. The Hall–Kier alpha value is -2.98. The van der Waals surface area contributed by atoms with Crippen LogP contribution in [0.15, 0.2) is 41.7 Å². The normalized spacial score (nSPS) is 12.9. The molecule has 1 amide bonds. The molecule has 0 radical (unpaired) electrons. The molecule has 5 rings (SSSR count). The van der Waals surface area contributed by atoms with Gasteiger partial charge in [-0.2, -0.15) is 5.10 Å². The first-order valence-electron chi connectivity index (χ1n) is 9.99. The molecule has 0 saturated carbocycles. The number of carbonyl (C=O) groups excluding carboxylic acids is 1. The third kappa shape index (κ3) is 4.26. The SMILES string of the molecule is O=C(CSCc1nc2sc3c(c2c(=O)[nH]1)CCC3)NCc1ccc(-n2cncn2)cc1. The summed E-state index contributed by atoms with van der Waals surface area (Å²) in [7, 11) is 0. The van der Waals surface area contributed by atoms with Crippen LogP contribution in [0.5, 0.6) is 0 Å². The minimum absolute atomic E-state index is 0.0520. The number of rotatable bonds is 7. The quantitative estimate of drug-likeness (QED) is 0.447. The summed E-state index contributed by atoms with van der Waals surface area (Å²) in [5.41, 5.74) is 3.04. The number of thiophene rings is 1. The lowest BCUT2D eigenvalue weighted by Gasteiger charge is -2.07. The van der Waals surface area contributed by atoms with Gasteiger partial charge in [-0.25, -0.2) is 14.6 Å². The van der Waals surface area contributed by atoms with Crippen LogP contribution in [0.4, 0.5) is 0 Å². The second kappa shape index (κ2) is 8.64. The van der Waals surface area contributed by atoms with E-state index in [0.717, 1.165) is 40.7 Å². The maximum Gasteiger partial charge on any atom is 0.259 e. The first kappa shape index (κ1) is 20.0. The van der Waals surface area contributed by atoms with Gasteiger partial charge < -0.3 is 10.3 Å². The number of thioether (sulfide) groups is 1. The van der Waals surface area contributed by atoms with Crippen molar-refractivity contribution in [2.75, 3.05) is 5.75 Å². The summed E-state index contributed by atoms with van der Waals surface area (Å²) >= 11 is 3.07. The molecule has 8 nitrogen and oxygen atoms in total. The van der Waals surface area contributed by atoms with Crippen LogP contribution in [0.1, 0.15) is 28.2 Å². The number of nitrogens with zero attached hydrogens (tertiary/aromatic N) is 4. The van der Waals surface area contributed by atoms with E-state index in [9.17, 15) is 9.59 Å². The zero-order valence-electron chi connectivity index (χ0n) is 16.6. The number of carbonyl (C=O) groups is 1. The van der Waals surface area contributed by atoms with E-state index >= 15 is 0 Å². The van der Waals surface area contributed by atoms with Gasteiger partial charge in [0.1, 0.15) is 23.3 Å². The number of hydrogen-bond donors (Lipinski definition) is 2. The van der Waals surface area contributed by atoms with Gasteiger partial charge in [-0.15, -0.1) is 23.1 Å². The molecule has 158 valence electrons. The first-order valence-corrected chi connectivity index (χ1v) is 12.0. The Labute approximate surface area is 186 Å². The molecule has 3 aromatic heterocycles. The molecule has 1 aliphatic rings. The number of fused-ring (bicyclic) bond motifs is 3. The fourth-order valence-electron chi connectivity index (χ4n) is 3.72. The maximum atomic E-state index is 12.5. The van der Waals surface area contributed by atoms with Crippen molar-refractivity contribution in [2.24, 2.45) is 0 Å². The van der Waals surface area contributed by atoms with Crippen LogP contribution in [0, 0.1) is 0 Å². The molecular weight excluding hydrogens is 432 g/mol. The smallest absolute Gasteiger partial charge is 0.259 e. The highest BCUT2D eigenvalue weighted by atomic mass is 32.2. The van der Waals surface area contributed by atoms with E-state index in [1.54, 1.807) is 22.3 Å². The predicted molar refractivity (Wildman–Crippen MR) is 122 cm³/mol. The average molecular weight is 453 g/mol. The Morgan fingerprint density at radius 1 is 1.26 bits per heavy atom. The van der Waals surface area contributed by atoms with E-state index in [1.807, 2.05) is 24.3 Å². The number of aryl methyl sites for hydroxylation is 2. The first-order chi connectivity index (χ1) is 15.2. The highest BCUT2D eigenvalue weighted by molar-refractivity contribution is 7.99. The molecule has 0 unspecified atom stereocenters. The highest BCUT2D eigenvalue weighted by Gasteiger charge is 2.21. The summed E-state index contributed by atoms with van der Waals surface area (Å²) < 4.78 is 1.68. The average Bonchev–Trinajstić information content (AvgIpc) is 3.50. The number of aromatic nitrogens is 5. The Morgan fingerprint density at radius 3 is 2.94 bits per heavy atom. The van der Waals surface area contributed by atoms with Crippen LogP contribution in [0.2, 0.25) is 0 Å². The minimum atomic E-state index is -0.0567. The van der Waals surface area contributed by atoms with Gasteiger partial charge in [0.05, 0.1) is 22.6 Å². The lowest BCUT2D eigenvalue weighted by atomic mass is 10.2. The van der Waals surface area contributed by atoms with E-state index in [1.165, 1.54) is 28.5 Å². The molecule has 1 aromatic carbocycles. The van der Waals surface area contributed by atoms with Crippen molar-refractivity contribution in [3.8, 4) is 5.69 Å². The van der Waals surface area contributed by atoms with Crippen LogP contribution < -0.4 is 10.9 Å². The topological polar surface area (TPSA) is 106 Å². The van der Waals surface area contributed by atoms with E-state index in [2.05, 4.69) is 25.4 Å². The van der Waals surface area contributed by atoms with Gasteiger partial charge in [0.25, 0.3) is 5.56 Å². The number of nitrogens with one attached hydrogen (secondary N) is 2. The van der Waals surface area contributed by atoms with Crippen molar-refractivity contribution < 1.29 is 4.79 Å². The molecule has 0 spiro atoms. The Bertz CT molecular complexity index is 1280. The summed E-state index contributed by atoms with van der Waals surface area (Å²) in [6.07, 6.45) is 6.26. The predicted octanol–water partition coefficient (Wildman–Crippen LogP) is 2.60. The monoisotopic (exact) mass is 452 g/mol. The van der Waals surface area contributed by atoms with Gasteiger partial charge in [0.15, 0.2) is 0 Å². The van der Waals surface area contributed by atoms with Crippen LogP contribution in [0.3, 0.4) is 0 Å². The van der Waals surface area contributed by atoms with E-state index < -0.39 is 0 Å².